The van der Waals surface area contributed by atoms with E-state index in [9.17, 15) is 0 Å². The van der Waals surface area contributed by atoms with Gasteiger partial charge in [-0.3, -0.25) is 4.98 Å². The predicted molar refractivity (Wildman–Crippen MR) is 136 cm³/mol. The number of benzene rings is 1. The van der Waals surface area contributed by atoms with E-state index >= 15 is 0 Å². The number of aromatic nitrogens is 6. The smallest absolute Gasteiger partial charge is 0.143 e. The first-order valence-electron chi connectivity index (χ1n) is 12.5. The van der Waals surface area contributed by atoms with Crippen LogP contribution in [0.15, 0.2) is 78.0 Å². The van der Waals surface area contributed by atoms with Crippen LogP contribution in [0.25, 0.3) is 28.3 Å². The zero-order valence-electron chi connectivity index (χ0n) is 20.3. The van der Waals surface area contributed by atoms with Crippen LogP contribution in [0.4, 0.5) is 0 Å². The zero-order valence-corrected chi connectivity index (χ0v) is 20.3. The largest absolute Gasteiger partial charge is 0.361 e. The first kappa shape index (κ1) is 21.2. The molecule has 0 saturated carbocycles. The molecule has 36 heavy (non-hydrogen) atoms. The number of hydrogen-bond acceptors (Lipinski definition) is 6. The molecule has 7 nitrogen and oxygen atoms in total. The minimum atomic E-state index is -0.123. The standard InChI is InChI=1S/C29H26N6O/c1-18-23-10-9-22-26(25-12-13-30-17-32-25)34-35(28(22)29(23,2)14-20-15-33-36-27(18)20)21-8-11-24(31-16-21)19-6-4-3-5-7-19/h3-8,11-13,15-18,23H,9-10,14H2,1-2H3/t18-,23-,29-/m1/s1. The molecule has 4 heterocycles. The molecular formula is C29H26N6O. The average Bonchev–Trinajstić information content (AvgIpc) is 3.55. The summed E-state index contributed by atoms with van der Waals surface area (Å²) in [5.74, 6) is 1.76. The van der Waals surface area contributed by atoms with Crippen LogP contribution in [-0.4, -0.2) is 29.9 Å². The summed E-state index contributed by atoms with van der Waals surface area (Å²) in [7, 11) is 0. The van der Waals surface area contributed by atoms with Crippen molar-refractivity contribution >= 4 is 0 Å². The molecular weight excluding hydrogens is 448 g/mol. The Labute approximate surface area is 209 Å². The second-order valence-electron chi connectivity index (χ2n) is 10.2. The quantitative estimate of drug-likeness (QED) is 0.341. The third-order valence-electron chi connectivity index (χ3n) is 8.19. The van der Waals surface area contributed by atoms with Gasteiger partial charge in [0.2, 0.25) is 0 Å². The van der Waals surface area contributed by atoms with Gasteiger partial charge in [-0.15, -0.1) is 0 Å². The monoisotopic (exact) mass is 474 g/mol. The molecule has 3 atom stereocenters. The fourth-order valence-electron chi connectivity index (χ4n) is 6.55. The van der Waals surface area contributed by atoms with Gasteiger partial charge >= 0.3 is 0 Å². The summed E-state index contributed by atoms with van der Waals surface area (Å²) in [6.07, 6.45) is 10.1. The van der Waals surface area contributed by atoms with Crippen molar-refractivity contribution in [1.82, 2.24) is 29.9 Å². The predicted octanol–water partition coefficient (Wildman–Crippen LogP) is 5.56. The van der Waals surface area contributed by atoms with E-state index in [1.807, 2.05) is 36.7 Å². The maximum atomic E-state index is 5.70. The van der Waals surface area contributed by atoms with Crippen molar-refractivity contribution in [2.24, 2.45) is 5.92 Å². The Bertz CT molecular complexity index is 1540. The molecule has 0 aliphatic heterocycles. The Morgan fingerprint density at radius 1 is 1.00 bits per heavy atom. The van der Waals surface area contributed by atoms with Gasteiger partial charge < -0.3 is 4.52 Å². The second kappa shape index (κ2) is 7.95. The van der Waals surface area contributed by atoms with Crippen LogP contribution in [0, 0.1) is 5.92 Å². The van der Waals surface area contributed by atoms with Gasteiger partial charge in [0.1, 0.15) is 17.8 Å². The maximum Gasteiger partial charge on any atom is 0.143 e. The Balaban J connectivity index is 1.42. The van der Waals surface area contributed by atoms with Crippen LogP contribution in [-0.2, 0) is 18.3 Å². The average molecular weight is 475 g/mol. The van der Waals surface area contributed by atoms with Crippen molar-refractivity contribution < 1.29 is 4.52 Å². The van der Waals surface area contributed by atoms with Crippen LogP contribution in [0.3, 0.4) is 0 Å². The normalized spacial score (nSPS) is 22.5. The molecule has 4 aromatic heterocycles. The van der Waals surface area contributed by atoms with Gasteiger partial charge in [0.05, 0.1) is 35.2 Å². The molecule has 178 valence electrons. The third kappa shape index (κ3) is 3.08. The summed E-state index contributed by atoms with van der Waals surface area (Å²) in [6.45, 7) is 4.66. The first-order chi connectivity index (χ1) is 17.6. The highest BCUT2D eigenvalue weighted by molar-refractivity contribution is 5.64. The minimum absolute atomic E-state index is 0.123. The van der Waals surface area contributed by atoms with Gasteiger partial charge in [0.15, 0.2) is 0 Å². The number of fused-ring (bicyclic) bond motifs is 4. The van der Waals surface area contributed by atoms with Crippen LogP contribution < -0.4 is 0 Å². The highest BCUT2D eigenvalue weighted by Gasteiger charge is 2.51. The van der Waals surface area contributed by atoms with Crippen molar-refractivity contribution in [3.05, 3.63) is 96.0 Å². The van der Waals surface area contributed by atoms with Gasteiger partial charge in [-0.05, 0) is 43.4 Å². The lowest BCUT2D eigenvalue weighted by Gasteiger charge is -2.47. The van der Waals surface area contributed by atoms with E-state index in [0.717, 1.165) is 53.4 Å². The van der Waals surface area contributed by atoms with Gasteiger partial charge in [0, 0.05) is 34.2 Å². The van der Waals surface area contributed by atoms with E-state index in [4.69, 9.17) is 14.6 Å². The molecule has 2 aliphatic carbocycles. The molecule has 0 unspecified atom stereocenters. The number of nitrogens with zero attached hydrogens (tertiary/aromatic N) is 6. The second-order valence-corrected chi connectivity index (χ2v) is 10.2. The SMILES string of the molecule is C[C@H]1c2oncc2C[C@@]2(C)c3c(c(-c4ccncn4)nn3-c3ccc(-c4ccccc4)nc3)CC[C@H]12. The maximum absolute atomic E-state index is 5.70. The molecule has 0 spiro atoms. The lowest BCUT2D eigenvalue weighted by molar-refractivity contribution is 0.170. The van der Waals surface area contributed by atoms with Crippen molar-refractivity contribution in [3.63, 3.8) is 0 Å². The summed E-state index contributed by atoms with van der Waals surface area (Å²) in [6, 6.07) is 16.4. The topological polar surface area (TPSA) is 82.5 Å². The molecule has 5 aromatic rings. The molecule has 0 bridgehead atoms. The number of rotatable bonds is 3. The van der Waals surface area contributed by atoms with Crippen molar-refractivity contribution in [3.8, 4) is 28.3 Å². The third-order valence-corrected chi connectivity index (χ3v) is 8.19. The van der Waals surface area contributed by atoms with Gasteiger partial charge in [0.25, 0.3) is 0 Å². The summed E-state index contributed by atoms with van der Waals surface area (Å²) >= 11 is 0. The number of hydrogen-bond donors (Lipinski definition) is 0. The Hall–Kier alpha value is -4.13. The van der Waals surface area contributed by atoms with Gasteiger partial charge in [-0.2, -0.15) is 5.10 Å². The molecule has 0 N–H and O–H groups in total. The van der Waals surface area contributed by atoms with Crippen LogP contribution in [0.1, 0.15) is 48.8 Å². The molecule has 2 aliphatic rings. The lowest BCUT2D eigenvalue weighted by atomic mass is 9.56. The first-order valence-corrected chi connectivity index (χ1v) is 12.5. The number of pyridine rings is 1. The summed E-state index contributed by atoms with van der Waals surface area (Å²) < 4.78 is 7.81. The molecule has 7 rings (SSSR count). The summed E-state index contributed by atoms with van der Waals surface area (Å²) in [4.78, 5) is 13.5. The van der Waals surface area contributed by atoms with Crippen LogP contribution in [0.5, 0.6) is 0 Å². The molecule has 0 fully saturated rings. The van der Waals surface area contributed by atoms with Crippen molar-refractivity contribution in [2.45, 2.75) is 44.4 Å². The van der Waals surface area contributed by atoms with E-state index in [1.165, 1.54) is 16.8 Å². The summed E-state index contributed by atoms with van der Waals surface area (Å²) in [5.41, 5.74) is 8.38. The molecule has 0 amide bonds. The Kier molecular flexibility index (Phi) is 4.67. The minimum Gasteiger partial charge on any atom is -0.361 e. The molecule has 0 saturated heterocycles. The van der Waals surface area contributed by atoms with E-state index in [1.54, 1.807) is 12.5 Å². The van der Waals surface area contributed by atoms with Crippen molar-refractivity contribution in [2.75, 3.05) is 0 Å². The van der Waals surface area contributed by atoms with Gasteiger partial charge in [-0.25, -0.2) is 14.6 Å². The van der Waals surface area contributed by atoms with E-state index in [-0.39, 0.29) is 5.41 Å². The highest BCUT2D eigenvalue weighted by atomic mass is 16.5. The Morgan fingerprint density at radius 3 is 2.67 bits per heavy atom. The highest BCUT2D eigenvalue weighted by Crippen LogP contribution is 2.55. The molecule has 7 heteroatoms. The van der Waals surface area contributed by atoms with Crippen LogP contribution in [0.2, 0.25) is 0 Å². The lowest BCUT2D eigenvalue weighted by Crippen LogP contribution is -2.45. The van der Waals surface area contributed by atoms with Crippen molar-refractivity contribution in [1.29, 1.82) is 0 Å². The molecule has 0 radical (unpaired) electrons. The van der Waals surface area contributed by atoms with Crippen LogP contribution >= 0.6 is 0 Å². The summed E-state index contributed by atoms with van der Waals surface area (Å²) in [5, 5.41) is 9.33. The fourth-order valence-corrected chi connectivity index (χ4v) is 6.55. The Morgan fingerprint density at radius 2 is 1.89 bits per heavy atom. The fraction of sp³-hybridized carbons (Fsp3) is 0.276. The van der Waals surface area contributed by atoms with E-state index in [0.29, 0.717) is 11.8 Å². The van der Waals surface area contributed by atoms with E-state index in [2.05, 4.69) is 57.9 Å². The molecule has 1 aromatic carbocycles. The van der Waals surface area contributed by atoms with Gasteiger partial charge in [-0.1, -0.05) is 49.3 Å². The van der Waals surface area contributed by atoms with E-state index < -0.39 is 0 Å². The zero-order chi connectivity index (χ0) is 24.3.